The van der Waals surface area contributed by atoms with E-state index in [1.165, 1.54) is 16.7 Å². The zero-order valence-electron chi connectivity index (χ0n) is 11.4. The van der Waals surface area contributed by atoms with Crippen LogP contribution in [-0.2, 0) is 6.54 Å². The van der Waals surface area contributed by atoms with Crippen molar-refractivity contribution in [3.05, 3.63) is 34.9 Å². The van der Waals surface area contributed by atoms with E-state index in [0.717, 1.165) is 19.5 Å². The summed E-state index contributed by atoms with van der Waals surface area (Å²) in [6, 6.07) is 6.66. The minimum Gasteiger partial charge on any atom is -0.311 e. The van der Waals surface area contributed by atoms with Crippen molar-refractivity contribution in [2.45, 2.75) is 46.0 Å². The predicted octanol–water partition coefficient (Wildman–Crippen LogP) is 4.05. The molecule has 0 aliphatic carbocycles. The fourth-order valence-electron chi connectivity index (χ4n) is 2.14. The maximum absolute atomic E-state index is 6.24. The summed E-state index contributed by atoms with van der Waals surface area (Å²) in [6.07, 6.45) is 1.07. The van der Waals surface area contributed by atoms with Gasteiger partial charge in [-0.05, 0) is 31.7 Å². The molecule has 0 radical (unpaired) electrons. The van der Waals surface area contributed by atoms with Crippen LogP contribution in [0.1, 0.15) is 37.0 Å². The van der Waals surface area contributed by atoms with Crippen molar-refractivity contribution in [1.82, 2.24) is 5.32 Å². The third kappa shape index (κ3) is 6.09. The van der Waals surface area contributed by atoms with E-state index in [-0.39, 0.29) is 5.38 Å². The van der Waals surface area contributed by atoms with Gasteiger partial charge in [0.1, 0.15) is 0 Å². The second kappa shape index (κ2) is 7.03. The highest BCUT2D eigenvalue weighted by molar-refractivity contribution is 6.20. The summed E-state index contributed by atoms with van der Waals surface area (Å²) in [4.78, 5) is 0. The number of alkyl halides is 1. The highest BCUT2D eigenvalue weighted by atomic mass is 35.5. The Bertz CT molecular complexity index is 327. The summed E-state index contributed by atoms with van der Waals surface area (Å²) in [5.74, 6) is 0.667. The summed E-state index contributed by atoms with van der Waals surface area (Å²) in [5.41, 5.74) is 3.99. The van der Waals surface area contributed by atoms with Crippen molar-refractivity contribution in [2.75, 3.05) is 6.54 Å². The molecule has 0 bridgehead atoms. The van der Waals surface area contributed by atoms with Crippen molar-refractivity contribution in [1.29, 1.82) is 0 Å². The molecule has 1 N–H and O–H groups in total. The predicted molar refractivity (Wildman–Crippen MR) is 76.7 cm³/mol. The molecule has 1 atom stereocenters. The third-order valence-corrected chi connectivity index (χ3v) is 3.04. The van der Waals surface area contributed by atoms with Gasteiger partial charge in [-0.1, -0.05) is 43.2 Å². The molecule has 0 aliphatic rings. The summed E-state index contributed by atoms with van der Waals surface area (Å²) in [7, 11) is 0. The molecule has 0 saturated carbocycles. The number of hydrogen-bond acceptors (Lipinski definition) is 1. The van der Waals surface area contributed by atoms with E-state index >= 15 is 0 Å². The van der Waals surface area contributed by atoms with Gasteiger partial charge in [-0.15, -0.1) is 11.6 Å². The standard InChI is InChI=1S/C15H24ClN/c1-11(2)5-15(16)10-17-9-14-7-12(3)6-13(4)8-14/h6-8,11,15,17H,5,9-10H2,1-4H3. The zero-order valence-corrected chi connectivity index (χ0v) is 12.1. The summed E-state index contributed by atoms with van der Waals surface area (Å²) >= 11 is 6.24. The summed E-state index contributed by atoms with van der Waals surface area (Å²) in [5, 5.41) is 3.67. The molecule has 17 heavy (non-hydrogen) atoms. The Morgan fingerprint density at radius 3 is 2.24 bits per heavy atom. The van der Waals surface area contributed by atoms with Crippen LogP contribution in [0.3, 0.4) is 0 Å². The van der Waals surface area contributed by atoms with Gasteiger partial charge in [0.25, 0.3) is 0 Å². The van der Waals surface area contributed by atoms with Crippen molar-refractivity contribution >= 4 is 11.6 Å². The molecule has 0 fully saturated rings. The lowest BCUT2D eigenvalue weighted by Gasteiger charge is -2.13. The summed E-state index contributed by atoms with van der Waals surface area (Å²) < 4.78 is 0. The minimum atomic E-state index is 0.237. The Morgan fingerprint density at radius 2 is 1.71 bits per heavy atom. The van der Waals surface area contributed by atoms with E-state index in [9.17, 15) is 0 Å². The number of rotatable bonds is 6. The number of aryl methyl sites for hydroxylation is 2. The molecule has 0 heterocycles. The fraction of sp³-hybridized carbons (Fsp3) is 0.600. The van der Waals surface area contributed by atoms with Crippen LogP contribution in [0.15, 0.2) is 18.2 Å². The molecule has 96 valence electrons. The molecule has 0 aliphatic heterocycles. The molecule has 1 aromatic rings. The molecule has 0 spiro atoms. The molecule has 1 rings (SSSR count). The zero-order chi connectivity index (χ0) is 12.8. The lowest BCUT2D eigenvalue weighted by Crippen LogP contribution is -2.24. The number of nitrogens with one attached hydrogen (secondary N) is 1. The van der Waals surface area contributed by atoms with Crippen LogP contribution in [0, 0.1) is 19.8 Å². The molecule has 1 aromatic carbocycles. The Labute approximate surface area is 111 Å². The van der Waals surface area contributed by atoms with Crippen LogP contribution in [0.2, 0.25) is 0 Å². The maximum Gasteiger partial charge on any atom is 0.0463 e. The van der Waals surface area contributed by atoms with E-state index in [2.05, 4.69) is 51.2 Å². The molecule has 0 amide bonds. The minimum absolute atomic E-state index is 0.237. The first kappa shape index (κ1) is 14.5. The smallest absolute Gasteiger partial charge is 0.0463 e. The van der Waals surface area contributed by atoms with Crippen molar-refractivity contribution < 1.29 is 0 Å². The second-order valence-electron chi connectivity index (χ2n) is 5.35. The number of benzene rings is 1. The molecular formula is C15H24ClN. The van der Waals surface area contributed by atoms with Crippen LogP contribution >= 0.6 is 11.6 Å². The Hall–Kier alpha value is -0.530. The number of hydrogen-bond donors (Lipinski definition) is 1. The van der Waals surface area contributed by atoms with Gasteiger partial charge in [0, 0.05) is 18.5 Å². The van der Waals surface area contributed by atoms with Crippen LogP contribution < -0.4 is 5.32 Å². The van der Waals surface area contributed by atoms with Gasteiger partial charge in [-0.25, -0.2) is 0 Å². The van der Waals surface area contributed by atoms with E-state index < -0.39 is 0 Å². The average Bonchev–Trinajstić information content (AvgIpc) is 2.14. The number of halogens is 1. The maximum atomic E-state index is 6.24. The Morgan fingerprint density at radius 1 is 1.12 bits per heavy atom. The molecular weight excluding hydrogens is 230 g/mol. The van der Waals surface area contributed by atoms with E-state index in [0.29, 0.717) is 5.92 Å². The quantitative estimate of drug-likeness (QED) is 0.755. The first-order chi connectivity index (χ1) is 7.97. The lowest BCUT2D eigenvalue weighted by molar-refractivity contribution is 0.533. The first-order valence-corrected chi connectivity index (χ1v) is 6.83. The SMILES string of the molecule is Cc1cc(C)cc(CNCC(Cl)CC(C)C)c1. The Balaban J connectivity index is 2.35. The molecule has 0 saturated heterocycles. The monoisotopic (exact) mass is 253 g/mol. The third-order valence-electron chi connectivity index (χ3n) is 2.70. The fourth-order valence-corrected chi connectivity index (χ4v) is 2.60. The van der Waals surface area contributed by atoms with Gasteiger partial charge in [0.05, 0.1) is 0 Å². The van der Waals surface area contributed by atoms with E-state index in [1.54, 1.807) is 0 Å². The lowest BCUT2D eigenvalue weighted by atomic mass is 10.1. The van der Waals surface area contributed by atoms with Gasteiger partial charge < -0.3 is 5.32 Å². The normalized spacial score (nSPS) is 13.1. The topological polar surface area (TPSA) is 12.0 Å². The second-order valence-corrected chi connectivity index (χ2v) is 5.97. The molecule has 2 heteroatoms. The highest BCUT2D eigenvalue weighted by Gasteiger charge is 2.06. The van der Waals surface area contributed by atoms with Gasteiger partial charge >= 0.3 is 0 Å². The van der Waals surface area contributed by atoms with Gasteiger partial charge in [0.2, 0.25) is 0 Å². The molecule has 0 aromatic heterocycles. The highest BCUT2D eigenvalue weighted by Crippen LogP contribution is 2.11. The Kier molecular flexibility index (Phi) is 6.01. The van der Waals surface area contributed by atoms with Crippen LogP contribution in [-0.4, -0.2) is 11.9 Å². The van der Waals surface area contributed by atoms with Crippen molar-refractivity contribution in [3.63, 3.8) is 0 Å². The van der Waals surface area contributed by atoms with Gasteiger partial charge in [0.15, 0.2) is 0 Å². The molecule has 1 unspecified atom stereocenters. The molecule has 1 nitrogen and oxygen atoms in total. The van der Waals surface area contributed by atoms with E-state index in [1.807, 2.05) is 0 Å². The van der Waals surface area contributed by atoms with Crippen molar-refractivity contribution in [3.8, 4) is 0 Å². The van der Waals surface area contributed by atoms with Crippen LogP contribution in [0.5, 0.6) is 0 Å². The van der Waals surface area contributed by atoms with Gasteiger partial charge in [-0.3, -0.25) is 0 Å². The van der Waals surface area contributed by atoms with Crippen LogP contribution in [0.25, 0.3) is 0 Å². The van der Waals surface area contributed by atoms with E-state index in [4.69, 9.17) is 11.6 Å². The first-order valence-electron chi connectivity index (χ1n) is 6.39. The largest absolute Gasteiger partial charge is 0.311 e. The average molecular weight is 254 g/mol. The summed E-state index contributed by atoms with van der Waals surface area (Å²) in [6.45, 7) is 10.5. The van der Waals surface area contributed by atoms with Gasteiger partial charge in [-0.2, -0.15) is 0 Å². The van der Waals surface area contributed by atoms with Crippen LogP contribution in [0.4, 0.5) is 0 Å². The van der Waals surface area contributed by atoms with Crippen molar-refractivity contribution in [2.24, 2.45) is 5.92 Å².